The molecule has 0 unspecified atom stereocenters. The maximum atomic E-state index is 12.8. The van der Waals surface area contributed by atoms with Crippen molar-refractivity contribution in [2.45, 2.75) is 20.3 Å². The maximum absolute atomic E-state index is 12.8. The van der Waals surface area contributed by atoms with Gasteiger partial charge in [0, 0.05) is 16.8 Å². The molecule has 0 aliphatic rings. The van der Waals surface area contributed by atoms with Crippen molar-refractivity contribution in [1.82, 2.24) is 0 Å². The molecule has 1 N–H and O–H groups in total. The SMILES string of the molecule is CCc1cccc(NC(=O)COC(=O)c2ccccc2C(=O)c2ccc(C)cc2)c1. The van der Waals surface area contributed by atoms with Crippen LogP contribution >= 0.6 is 0 Å². The third-order valence-corrected chi connectivity index (χ3v) is 4.66. The number of esters is 1. The minimum Gasteiger partial charge on any atom is -0.452 e. The summed E-state index contributed by atoms with van der Waals surface area (Å²) in [6.45, 7) is 3.52. The molecule has 0 saturated carbocycles. The Morgan fingerprint density at radius 3 is 2.27 bits per heavy atom. The molecule has 0 aliphatic carbocycles. The largest absolute Gasteiger partial charge is 0.452 e. The lowest BCUT2D eigenvalue weighted by Gasteiger charge is -2.10. The Morgan fingerprint density at radius 2 is 1.57 bits per heavy atom. The number of ether oxygens (including phenoxy) is 1. The van der Waals surface area contributed by atoms with E-state index < -0.39 is 18.5 Å². The number of rotatable bonds is 7. The van der Waals surface area contributed by atoms with E-state index in [1.54, 1.807) is 36.4 Å². The molecule has 0 fully saturated rings. The highest BCUT2D eigenvalue weighted by Crippen LogP contribution is 2.17. The zero-order valence-electron chi connectivity index (χ0n) is 17.0. The van der Waals surface area contributed by atoms with Crippen molar-refractivity contribution in [3.05, 3.63) is 101 Å². The fourth-order valence-corrected chi connectivity index (χ4v) is 2.99. The van der Waals surface area contributed by atoms with Crippen molar-refractivity contribution in [2.75, 3.05) is 11.9 Å². The van der Waals surface area contributed by atoms with Gasteiger partial charge in [0.25, 0.3) is 5.91 Å². The summed E-state index contributed by atoms with van der Waals surface area (Å²) in [5.74, 6) is -1.44. The van der Waals surface area contributed by atoms with Crippen LogP contribution in [0, 0.1) is 6.92 Å². The summed E-state index contributed by atoms with van der Waals surface area (Å²) in [6, 6.07) is 21.0. The van der Waals surface area contributed by atoms with Crippen molar-refractivity contribution >= 4 is 23.3 Å². The summed E-state index contributed by atoms with van der Waals surface area (Å²) in [5, 5.41) is 2.71. The van der Waals surface area contributed by atoms with Crippen LogP contribution in [0.25, 0.3) is 0 Å². The molecule has 3 aromatic rings. The first-order valence-corrected chi connectivity index (χ1v) is 9.74. The van der Waals surface area contributed by atoms with Crippen molar-refractivity contribution < 1.29 is 19.1 Å². The summed E-state index contributed by atoms with van der Waals surface area (Å²) in [6.07, 6.45) is 0.852. The Labute approximate surface area is 175 Å². The monoisotopic (exact) mass is 401 g/mol. The number of hydrogen-bond donors (Lipinski definition) is 1. The Balaban J connectivity index is 1.67. The van der Waals surface area contributed by atoms with Crippen LogP contribution in [0.5, 0.6) is 0 Å². The van der Waals surface area contributed by atoms with Gasteiger partial charge in [-0.3, -0.25) is 9.59 Å². The van der Waals surface area contributed by atoms with Gasteiger partial charge in [0.2, 0.25) is 0 Å². The molecular formula is C25H23NO4. The second-order valence-corrected chi connectivity index (χ2v) is 6.92. The van der Waals surface area contributed by atoms with Gasteiger partial charge >= 0.3 is 5.97 Å². The van der Waals surface area contributed by atoms with E-state index in [2.05, 4.69) is 5.32 Å². The van der Waals surface area contributed by atoms with Gasteiger partial charge in [-0.05, 0) is 37.1 Å². The van der Waals surface area contributed by atoms with E-state index in [1.807, 2.05) is 44.2 Å². The van der Waals surface area contributed by atoms with E-state index in [4.69, 9.17) is 4.74 Å². The van der Waals surface area contributed by atoms with Crippen molar-refractivity contribution in [3.8, 4) is 0 Å². The molecule has 0 aromatic heterocycles. The molecule has 3 rings (SSSR count). The van der Waals surface area contributed by atoms with Gasteiger partial charge in [0.15, 0.2) is 12.4 Å². The van der Waals surface area contributed by atoms with Crippen LogP contribution < -0.4 is 5.32 Å². The lowest BCUT2D eigenvalue weighted by atomic mass is 9.98. The molecule has 0 spiro atoms. The summed E-state index contributed by atoms with van der Waals surface area (Å²) >= 11 is 0. The first-order valence-electron chi connectivity index (χ1n) is 9.74. The van der Waals surface area contributed by atoms with Gasteiger partial charge < -0.3 is 10.1 Å². The van der Waals surface area contributed by atoms with Gasteiger partial charge in [0.1, 0.15) is 0 Å². The smallest absolute Gasteiger partial charge is 0.339 e. The number of carbonyl (C=O) groups excluding carboxylic acids is 3. The normalized spacial score (nSPS) is 10.3. The molecule has 0 saturated heterocycles. The van der Waals surface area contributed by atoms with Crippen LogP contribution in [0.1, 0.15) is 44.3 Å². The first kappa shape index (κ1) is 21.0. The van der Waals surface area contributed by atoms with Gasteiger partial charge in [0.05, 0.1) is 5.56 Å². The lowest BCUT2D eigenvalue weighted by molar-refractivity contribution is -0.119. The van der Waals surface area contributed by atoms with Gasteiger partial charge in [-0.25, -0.2) is 4.79 Å². The summed E-state index contributed by atoms with van der Waals surface area (Å²) < 4.78 is 5.16. The molecular weight excluding hydrogens is 378 g/mol. The maximum Gasteiger partial charge on any atom is 0.339 e. The number of amides is 1. The Bertz CT molecular complexity index is 1070. The minimum absolute atomic E-state index is 0.129. The van der Waals surface area contributed by atoms with Crippen LogP contribution in [-0.2, 0) is 16.0 Å². The number of ketones is 1. The second-order valence-electron chi connectivity index (χ2n) is 6.92. The highest BCUT2D eigenvalue weighted by molar-refractivity contribution is 6.14. The number of hydrogen-bond acceptors (Lipinski definition) is 4. The van der Waals surface area contributed by atoms with Crippen molar-refractivity contribution in [3.63, 3.8) is 0 Å². The number of nitrogens with one attached hydrogen (secondary N) is 1. The number of benzene rings is 3. The Kier molecular flexibility index (Phi) is 6.75. The molecule has 5 nitrogen and oxygen atoms in total. The highest BCUT2D eigenvalue weighted by Gasteiger charge is 2.20. The quantitative estimate of drug-likeness (QED) is 0.464. The summed E-state index contributed by atoms with van der Waals surface area (Å²) in [5.41, 5.74) is 3.62. The average Bonchev–Trinajstić information content (AvgIpc) is 2.77. The zero-order chi connectivity index (χ0) is 21.5. The van der Waals surface area contributed by atoms with Gasteiger partial charge in [-0.2, -0.15) is 0 Å². The van der Waals surface area contributed by atoms with E-state index in [0.717, 1.165) is 17.5 Å². The van der Waals surface area contributed by atoms with Crippen LogP contribution in [0.4, 0.5) is 5.69 Å². The number of anilines is 1. The molecule has 3 aromatic carbocycles. The van der Waals surface area contributed by atoms with E-state index in [0.29, 0.717) is 11.3 Å². The first-order chi connectivity index (χ1) is 14.5. The third kappa shape index (κ3) is 5.20. The minimum atomic E-state index is -0.719. The fraction of sp³-hybridized carbons (Fsp3) is 0.160. The average molecular weight is 401 g/mol. The molecule has 0 aliphatic heterocycles. The van der Waals surface area contributed by atoms with E-state index in [-0.39, 0.29) is 16.9 Å². The summed E-state index contributed by atoms with van der Waals surface area (Å²) in [4.78, 5) is 37.6. The van der Waals surface area contributed by atoms with E-state index in [1.165, 1.54) is 6.07 Å². The van der Waals surface area contributed by atoms with Gasteiger partial charge in [-0.15, -0.1) is 0 Å². The lowest BCUT2D eigenvalue weighted by Crippen LogP contribution is -2.22. The third-order valence-electron chi connectivity index (χ3n) is 4.66. The molecule has 5 heteroatoms. The standard InChI is InChI=1S/C25H23NO4/c1-3-18-7-6-8-20(15-18)26-23(27)16-30-25(29)22-10-5-4-9-21(22)24(28)19-13-11-17(2)12-14-19/h4-15H,3,16H2,1-2H3,(H,26,27). The van der Waals surface area contributed by atoms with Crippen molar-refractivity contribution in [2.24, 2.45) is 0 Å². The second kappa shape index (κ2) is 9.65. The van der Waals surface area contributed by atoms with Crippen LogP contribution in [0.15, 0.2) is 72.8 Å². The molecule has 152 valence electrons. The van der Waals surface area contributed by atoms with E-state index >= 15 is 0 Å². The van der Waals surface area contributed by atoms with Crippen LogP contribution in [-0.4, -0.2) is 24.3 Å². The van der Waals surface area contributed by atoms with Gasteiger partial charge in [-0.1, -0.05) is 67.1 Å². The number of carbonyl (C=O) groups is 3. The molecule has 0 atom stereocenters. The van der Waals surface area contributed by atoms with E-state index in [9.17, 15) is 14.4 Å². The molecule has 1 amide bonds. The Morgan fingerprint density at radius 1 is 0.867 bits per heavy atom. The molecule has 0 heterocycles. The molecule has 0 bridgehead atoms. The fourth-order valence-electron chi connectivity index (χ4n) is 2.99. The van der Waals surface area contributed by atoms with Crippen LogP contribution in [0.3, 0.4) is 0 Å². The topological polar surface area (TPSA) is 72.5 Å². The number of aryl methyl sites for hydroxylation is 2. The molecule has 30 heavy (non-hydrogen) atoms. The van der Waals surface area contributed by atoms with Crippen LogP contribution in [0.2, 0.25) is 0 Å². The predicted molar refractivity (Wildman–Crippen MR) is 116 cm³/mol. The zero-order valence-corrected chi connectivity index (χ0v) is 17.0. The highest BCUT2D eigenvalue weighted by atomic mass is 16.5. The Hall–Kier alpha value is -3.73. The summed E-state index contributed by atoms with van der Waals surface area (Å²) in [7, 11) is 0. The molecule has 0 radical (unpaired) electrons. The predicted octanol–water partition coefficient (Wildman–Crippen LogP) is 4.58. The van der Waals surface area contributed by atoms with Crippen molar-refractivity contribution in [1.29, 1.82) is 0 Å².